The van der Waals surface area contributed by atoms with Crippen LogP contribution in [0.2, 0.25) is 0 Å². The zero-order chi connectivity index (χ0) is 25.9. The van der Waals surface area contributed by atoms with Crippen molar-refractivity contribution in [1.82, 2.24) is 30.3 Å². The van der Waals surface area contributed by atoms with E-state index in [1.807, 2.05) is 37.8 Å². The SMILES string of the molecule is CC(C)CN(C(=O)c1cnc(C(C)(C)C)nc1NCc1ccco1)[C@@H]1CNC[C@@H](c2noc(=O)[nH]2)C1. The van der Waals surface area contributed by atoms with Crippen molar-refractivity contribution < 1.29 is 13.7 Å². The van der Waals surface area contributed by atoms with Gasteiger partial charge in [0.2, 0.25) is 0 Å². The fraction of sp³-hybridized carbons (Fsp3) is 0.560. The third-order valence-electron chi connectivity index (χ3n) is 6.13. The number of anilines is 1. The maximum absolute atomic E-state index is 14.0. The Labute approximate surface area is 210 Å². The summed E-state index contributed by atoms with van der Waals surface area (Å²) >= 11 is 0. The number of amides is 1. The van der Waals surface area contributed by atoms with Gasteiger partial charge < -0.3 is 20.0 Å². The van der Waals surface area contributed by atoms with E-state index in [1.165, 1.54) is 0 Å². The van der Waals surface area contributed by atoms with Gasteiger partial charge in [0, 0.05) is 43.2 Å². The first-order valence-corrected chi connectivity index (χ1v) is 12.3. The van der Waals surface area contributed by atoms with Crippen molar-refractivity contribution in [3.05, 3.63) is 58.1 Å². The van der Waals surface area contributed by atoms with Gasteiger partial charge >= 0.3 is 5.76 Å². The van der Waals surface area contributed by atoms with Gasteiger partial charge in [-0.3, -0.25) is 14.3 Å². The van der Waals surface area contributed by atoms with Crippen LogP contribution in [-0.2, 0) is 12.0 Å². The second kappa shape index (κ2) is 10.7. The minimum absolute atomic E-state index is 0.0753. The molecule has 0 saturated carbocycles. The summed E-state index contributed by atoms with van der Waals surface area (Å²) in [6.07, 6.45) is 3.88. The number of hydrogen-bond donors (Lipinski definition) is 3. The Morgan fingerprint density at radius 2 is 2.11 bits per heavy atom. The average molecular weight is 498 g/mol. The minimum atomic E-state index is -0.578. The highest BCUT2D eigenvalue weighted by Gasteiger charge is 2.34. The van der Waals surface area contributed by atoms with Crippen LogP contribution in [0.15, 0.2) is 38.3 Å². The Morgan fingerprint density at radius 1 is 1.31 bits per heavy atom. The number of nitrogens with zero attached hydrogens (tertiary/aromatic N) is 4. The summed E-state index contributed by atoms with van der Waals surface area (Å²) < 4.78 is 10.2. The summed E-state index contributed by atoms with van der Waals surface area (Å²) in [5.74, 6) is 1.80. The van der Waals surface area contributed by atoms with E-state index in [0.717, 1.165) is 5.76 Å². The molecule has 36 heavy (non-hydrogen) atoms. The summed E-state index contributed by atoms with van der Waals surface area (Å²) in [7, 11) is 0. The third kappa shape index (κ3) is 6.01. The van der Waals surface area contributed by atoms with Gasteiger partial charge in [0.15, 0.2) is 5.82 Å². The Kier molecular flexibility index (Phi) is 7.58. The molecule has 0 aromatic carbocycles. The minimum Gasteiger partial charge on any atom is -0.467 e. The standard InChI is InChI=1S/C25H35N7O4/c1-15(2)14-32(17-9-16(10-26-11-17)20-30-24(34)36-31-20)22(33)19-13-28-23(25(3,4)5)29-21(19)27-12-18-7-6-8-35-18/h6-8,13,15-17,26H,9-12,14H2,1-5H3,(H,27,28,29)(H,30,31,34)/t16-,17-/m0/s1. The van der Waals surface area contributed by atoms with Gasteiger partial charge in [-0.2, -0.15) is 0 Å². The second-order valence-electron chi connectivity index (χ2n) is 10.7. The predicted molar refractivity (Wildman–Crippen MR) is 134 cm³/mol. The molecule has 1 aliphatic heterocycles. The highest BCUT2D eigenvalue weighted by Crippen LogP contribution is 2.27. The fourth-order valence-corrected chi connectivity index (χ4v) is 4.35. The molecule has 194 valence electrons. The van der Waals surface area contributed by atoms with Crippen LogP contribution in [0.3, 0.4) is 0 Å². The van der Waals surface area contributed by atoms with E-state index < -0.39 is 5.76 Å². The van der Waals surface area contributed by atoms with Gasteiger partial charge in [-0.15, -0.1) is 0 Å². The van der Waals surface area contributed by atoms with Crippen LogP contribution < -0.4 is 16.4 Å². The first kappa shape index (κ1) is 25.6. The summed E-state index contributed by atoms with van der Waals surface area (Å²) in [5.41, 5.74) is 0.127. The van der Waals surface area contributed by atoms with Gasteiger partial charge in [-0.25, -0.2) is 14.8 Å². The molecule has 0 aliphatic carbocycles. The molecule has 11 heteroatoms. The maximum Gasteiger partial charge on any atom is 0.438 e. The average Bonchev–Trinajstić information content (AvgIpc) is 3.52. The summed E-state index contributed by atoms with van der Waals surface area (Å²) in [5, 5.41) is 10.5. The molecule has 3 aromatic heterocycles. The van der Waals surface area contributed by atoms with Crippen molar-refractivity contribution >= 4 is 11.7 Å². The van der Waals surface area contributed by atoms with E-state index in [-0.39, 0.29) is 29.2 Å². The van der Waals surface area contributed by atoms with Crippen LogP contribution in [0, 0.1) is 5.92 Å². The van der Waals surface area contributed by atoms with Crippen LogP contribution in [0.4, 0.5) is 5.82 Å². The molecule has 1 fully saturated rings. The molecule has 0 bridgehead atoms. The lowest BCUT2D eigenvalue weighted by Crippen LogP contribution is -2.52. The molecular formula is C25H35N7O4. The number of aromatic nitrogens is 4. The molecule has 3 aromatic rings. The molecular weight excluding hydrogens is 462 g/mol. The smallest absolute Gasteiger partial charge is 0.438 e. The highest BCUT2D eigenvalue weighted by atomic mass is 16.5. The molecule has 0 radical (unpaired) electrons. The van der Waals surface area contributed by atoms with Gasteiger partial charge in [0.1, 0.15) is 23.0 Å². The van der Waals surface area contributed by atoms with Crippen LogP contribution in [0.25, 0.3) is 0 Å². The lowest BCUT2D eigenvalue weighted by molar-refractivity contribution is 0.0607. The molecule has 4 heterocycles. The Balaban J connectivity index is 1.64. The first-order valence-electron chi connectivity index (χ1n) is 12.3. The van der Waals surface area contributed by atoms with E-state index in [2.05, 4.69) is 39.6 Å². The van der Waals surface area contributed by atoms with E-state index >= 15 is 0 Å². The molecule has 1 amide bonds. The van der Waals surface area contributed by atoms with E-state index in [0.29, 0.717) is 55.6 Å². The lowest BCUT2D eigenvalue weighted by Gasteiger charge is -2.38. The van der Waals surface area contributed by atoms with Crippen molar-refractivity contribution in [2.45, 2.75) is 65.0 Å². The summed E-state index contributed by atoms with van der Waals surface area (Å²) in [6, 6.07) is 3.58. The lowest BCUT2D eigenvalue weighted by atomic mass is 9.93. The number of piperidine rings is 1. The number of nitrogens with one attached hydrogen (secondary N) is 3. The molecule has 0 spiro atoms. The van der Waals surface area contributed by atoms with E-state index in [1.54, 1.807) is 12.5 Å². The van der Waals surface area contributed by atoms with Gasteiger partial charge in [-0.05, 0) is 24.5 Å². The predicted octanol–water partition coefficient (Wildman–Crippen LogP) is 2.90. The Bertz CT molecular complexity index is 1210. The van der Waals surface area contributed by atoms with Gasteiger partial charge in [0.25, 0.3) is 5.91 Å². The topological polar surface area (TPSA) is 142 Å². The Morgan fingerprint density at radius 3 is 2.75 bits per heavy atom. The molecule has 4 rings (SSSR count). The quantitative estimate of drug-likeness (QED) is 0.428. The first-order chi connectivity index (χ1) is 17.1. The number of carbonyl (C=O) groups excluding carboxylic acids is 1. The summed E-state index contributed by atoms with van der Waals surface area (Å²) in [6.45, 7) is 12.5. The molecule has 11 nitrogen and oxygen atoms in total. The van der Waals surface area contributed by atoms with Crippen LogP contribution in [0.5, 0.6) is 0 Å². The maximum atomic E-state index is 14.0. The molecule has 1 aliphatic rings. The van der Waals surface area contributed by atoms with Crippen LogP contribution in [0.1, 0.15) is 74.7 Å². The molecule has 0 unspecified atom stereocenters. The third-order valence-corrected chi connectivity index (χ3v) is 6.13. The van der Waals surface area contributed by atoms with Gasteiger partial charge in [0.05, 0.1) is 12.8 Å². The second-order valence-corrected chi connectivity index (χ2v) is 10.7. The summed E-state index contributed by atoms with van der Waals surface area (Å²) in [4.78, 5) is 39.3. The fourth-order valence-electron chi connectivity index (χ4n) is 4.35. The number of rotatable bonds is 8. The number of hydrogen-bond acceptors (Lipinski definition) is 9. The van der Waals surface area contributed by atoms with Gasteiger partial charge in [-0.1, -0.05) is 39.8 Å². The largest absolute Gasteiger partial charge is 0.467 e. The van der Waals surface area contributed by atoms with Crippen molar-refractivity contribution in [1.29, 1.82) is 0 Å². The number of furan rings is 1. The van der Waals surface area contributed by atoms with Crippen molar-refractivity contribution in [3.63, 3.8) is 0 Å². The van der Waals surface area contributed by atoms with E-state index in [4.69, 9.17) is 13.9 Å². The normalized spacial score (nSPS) is 18.4. The monoisotopic (exact) mass is 497 g/mol. The Hall–Kier alpha value is -3.47. The van der Waals surface area contributed by atoms with Crippen molar-refractivity contribution in [2.75, 3.05) is 25.0 Å². The zero-order valence-corrected chi connectivity index (χ0v) is 21.5. The highest BCUT2D eigenvalue weighted by molar-refractivity contribution is 5.98. The van der Waals surface area contributed by atoms with Crippen molar-refractivity contribution in [2.24, 2.45) is 5.92 Å². The molecule has 1 saturated heterocycles. The number of H-pyrrole nitrogens is 1. The van der Waals surface area contributed by atoms with E-state index in [9.17, 15) is 9.59 Å². The molecule has 2 atom stereocenters. The van der Waals surface area contributed by atoms with Crippen molar-refractivity contribution in [3.8, 4) is 0 Å². The number of carbonyl (C=O) groups is 1. The zero-order valence-electron chi connectivity index (χ0n) is 21.5. The van der Waals surface area contributed by atoms with Crippen LogP contribution in [-0.4, -0.2) is 56.6 Å². The molecule has 3 N–H and O–H groups in total. The van der Waals surface area contributed by atoms with Crippen LogP contribution >= 0.6 is 0 Å². The number of aromatic amines is 1.